The lowest BCUT2D eigenvalue weighted by Crippen LogP contribution is -2.16. The fraction of sp³-hybridized carbons (Fsp3) is 0.143. The van der Waals surface area contributed by atoms with Crippen molar-refractivity contribution in [3.63, 3.8) is 0 Å². The third-order valence-corrected chi connectivity index (χ3v) is 2.95. The number of carbonyl (C=O) groups excluding carboxylic acids is 2. The van der Waals surface area contributed by atoms with E-state index in [1.165, 1.54) is 38.6 Å². The molecule has 8 heteroatoms. The quantitative estimate of drug-likeness (QED) is 0.902. The van der Waals surface area contributed by atoms with Crippen LogP contribution in [0.15, 0.2) is 30.6 Å². The predicted octanol–water partition coefficient (Wildman–Crippen LogP) is 2.35. The Kier molecular flexibility index (Phi) is 4.90. The first kappa shape index (κ1) is 15.7. The summed E-state index contributed by atoms with van der Waals surface area (Å²) in [6.07, 6.45) is 3.01. The molecule has 2 rings (SSSR count). The van der Waals surface area contributed by atoms with Crippen molar-refractivity contribution in [2.45, 2.75) is 6.92 Å². The maximum Gasteiger partial charge on any atom is 0.261 e. The number of rotatable bonds is 4. The Hall–Kier alpha value is -2.67. The van der Waals surface area contributed by atoms with Crippen LogP contribution in [0, 0.1) is 0 Å². The number of halogens is 1. The van der Waals surface area contributed by atoms with Gasteiger partial charge in [0, 0.05) is 25.4 Å². The Morgan fingerprint density at radius 1 is 1.18 bits per heavy atom. The molecule has 22 heavy (non-hydrogen) atoms. The molecule has 0 spiro atoms. The number of anilines is 2. The van der Waals surface area contributed by atoms with Crippen LogP contribution < -0.4 is 15.4 Å². The molecule has 0 unspecified atom stereocenters. The van der Waals surface area contributed by atoms with Gasteiger partial charge in [0.25, 0.3) is 5.91 Å². The van der Waals surface area contributed by atoms with Gasteiger partial charge in [-0.3, -0.25) is 14.9 Å². The summed E-state index contributed by atoms with van der Waals surface area (Å²) in [5, 5.41) is 5.31. The highest BCUT2D eigenvalue weighted by Gasteiger charge is 2.17. The summed E-state index contributed by atoms with van der Waals surface area (Å²) < 4.78 is 5.17. The van der Waals surface area contributed by atoms with E-state index < -0.39 is 5.91 Å². The highest BCUT2D eigenvalue weighted by atomic mass is 35.5. The fourth-order valence-electron chi connectivity index (χ4n) is 1.72. The lowest BCUT2D eigenvalue weighted by atomic mass is 10.1. The first-order valence-corrected chi connectivity index (χ1v) is 6.62. The smallest absolute Gasteiger partial charge is 0.261 e. The topological polar surface area (TPSA) is 93.2 Å². The van der Waals surface area contributed by atoms with E-state index in [2.05, 4.69) is 20.6 Å². The van der Waals surface area contributed by atoms with Gasteiger partial charge >= 0.3 is 0 Å². The van der Waals surface area contributed by atoms with E-state index in [1.807, 2.05) is 0 Å². The van der Waals surface area contributed by atoms with Crippen LogP contribution in [0.5, 0.6) is 5.75 Å². The second-order valence-corrected chi connectivity index (χ2v) is 4.65. The van der Waals surface area contributed by atoms with E-state index in [9.17, 15) is 9.59 Å². The number of methoxy groups -OCH3 is 1. The molecule has 0 atom stereocenters. The van der Waals surface area contributed by atoms with Crippen LogP contribution in [0.4, 0.5) is 11.6 Å². The number of amides is 2. The van der Waals surface area contributed by atoms with Gasteiger partial charge in [0.2, 0.25) is 11.9 Å². The van der Waals surface area contributed by atoms with Crippen LogP contribution in [-0.2, 0) is 4.79 Å². The van der Waals surface area contributed by atoms with Crippen LogP contribution in [0.1, 0.15) is 17.3 Å². The third kappa shape index (κ3) is 3.70. The molecule has 0 saturated heterocycles. The first-order valence-electron chi connectivity index (χ1n) is 6.24. The Morgan fingerprint density at radius 2 is 1.86 bits per heavy atom. The molecule has 2 amide bonds. The van der Waals surface area contributed by atoms with Gasteiger partial charge in [-0.15, -0.1) is 0 Å². The number of aromatic nitrogens is 2. The van der Waals surface area contributed by atoms with Gasteiger partial charge < -0.3 is 10.1 Å². The summed E-state index contributed by atoms with van der Waals surface area (Å²) in [7, 11) is 1.41. The zero-order valence-corrected chi connectivity index (χ0v) is 12.6. The molecule has 0 fully saturated rings. The first-order chi connectivity index (χ1) is 10.5. The molecule has 114 valence electrons. The average Bonchev–Trinajstić information content (AvgIpc) is 2.49. The summed E-state index contributed by atoms with van der Waals surface area (Å²) in [4.78, 5) is 31.2. The van der Waals surface area contributed by atoms with Gasteiger partial charge in [0.15, 0.2) is 0 Å². The number of nitrogens with zero attached hydrogens (tertiary/aromatic N) is 2. The van der Waals surface area contributed by atoms with Crippen molar-refractivity contribution in [3.8, 4) is 5.75 Å². The number of hydrogen-bond acceptors (Lipinski definition) is 5. The lowest BCUT2D eigenvalue weighted by Gasteiger charge is -2.12. The van der Waals surface area contributed by atoms with Gasteiger partial charge in [-0.25, -0.2) is 9.97 Å². The molecule has 1 aromatic heterocycles. The maximum atomic E-state index is 12.3. The van der Waals surface area contributed by atoms with Crippen LogP contribution in [0.2, 0.25) is 5.02 Å². The van der Waals surface area contributed by atoms with Gasteiger partial charge in [-0.1, -0.05) is 11.6 Å². The Balaban J connectivity index is 2.32. The Bertz CT molecular complexity index is 707. The molecule has 0 radical (unpaired) electrons. The van der Waals surface area contributed by atoms with Gasteiger partial charge in [-0.2, -0.15) is 0 Å². The van der Waals surface area contributed by atoms with E-state index in [-0.39, 0.29) is 28.2 Å². The molecule has 0 bridgehead atoms. The molecule has 0 aliphatic rings. The standard InChI is InChI=1S/C14H13ClN4O3/c1-8(20)18-11-7-12(22-2)9(6-10(11)15)13(21)19-14-16-4-3-5-17-14/h3-7H,1-2H3,(H,18,20)(H,16,17,19,21). The number of benzene rings is 1. The van der Waals surface area contributed by atoms with E-state index in [0.717, 1.165) is 0 Å². The minimum atomic E-state index is -0.473. The van der Waals surface area contributed by atoms with E-state index in [4.69, 9.17) is 16.3 Å². The second-order valence-electron chi connectivity index (χ2n) is 4.24. The predicted molar refractivity (Wildman–Crippen MR) is 82.3 cm³/mol. The number of ether oxygens (including phenoxy) is 1. The molecule has 1 aromatic carbocycles. The molecule has 0 aliphatic carbocycles. The second kappa shape index (κ2) is 6.86. The van der Waals surface area contributed by atoms with Gasteiger partial charge in [-0.05, 0) is 12.1 Å². The monoisotopic (exact) mass is 320 g/mol. The van der Waals surface area contributed by atoms with Gasteiger partial charge in [0.1, 0.15) is 5.75 Å². The Labute approximate surface area is 131 Å². The third-order valence-electron chi connectivity index (χ3n) is 2.64. The number of carbonyl (C=O) groups is 2. The molecular formula is C14H13ClN4O3. The lowest BCUT2D eigenvalue weighted by molar-refractivity contribution is -0.114. The number of nitrogens with one attached hydrogen (secondary N) is 2. The Morgan fingerprint density at radius 3 is 2.45 bits per heavy atom. The van der Waals surface area contributed by atoms with Crippen molar-refractivity contribution in [3.05, 3.63) is 41.2 Å². The van der Waals surface area contributed by atoms with Crippen molar-refractivity contribution in [2.24, 2.45) is 0 Å². The van der Waals surface area contributed by atoms with Crippen LogP contribution in [-0.4, -0.2) is 28.9 Å². The highest BCUT2D eigenvalue weighted by molar-refractivity contribution is 6.34. The summed E-state index contributed by atoms with van der Waals surface area (Å²) in [6, 6.07) is 4.52. The average molecular weight is 321 g/mol. The normalized spacial score (nSPS) is 9.95. The summed E-state index contributed by atoms with van der Waals surface area (Å²) in [6.45, 7) is 1.36. The van der Waals surface area contributed by atoms with Gasteiger partial charge in [0.05, 0.1) is 23.4 Å². The van der Waals surface area contributed by atoms with Crippen molar-refractivity contribution in [2.75, 3.05) is 17.7 Å². The van der Waals surface area contributed by atoms with Crippen molar-refractivity contribution in [1.29, 1.82) is 0 Å². The van der Waals surface area contributed by atoms with E-state index >= 15 is 0 Å². The zero-order chi connectivity index (χ0) is 16.1. The summed E-state index contributed by atoms with van der Waals surface area (Å²) in [5.74, 6) is -0.323. The molecule has 7 nitrogen and oxygen atoms in total. The highest BCUT2D eigenvalue weighted by Crippen LogP contribution is 2.31. The van der Waals surface area contributed by atoms with Crippen molar-refractivity contribution < 1.29 is 14.3 Å². The SMILES string of the molecule is COc1cc(NC(C)=O)c(Cl)cc1C(=O)Nc1ncccn1. The molecule has 1 heterocycles. The molecule has 2 aromatic rings. The van der Waals surface area contributed by atoms with E-state index in [1.54, 1.807) is 6.07 Å². The summed E-state index contributed by atoms with van der Waals surface area (Å²) in [5.41, 5.74) is 0.563. The minimum absolute atomic E-state index is 0.164. The minimum Gasteiger partial charge on any atom is -0.496 e. The maximum absolute atomic E-state index is 12.3. The van der Waals surface area contributed by atoms with Crippen molar-refractivity contribution >= 4 is 35.1 Å². The number of hydrogen-bond donors (Lipinski definition) is 2. The van der Waals surface area contributed by atoms with E-state index in [0.29, 0.717) is 5.69 Å². The fourth-order valence-corrected chi connectivity index (χ4v) is 1.93. The molecule has 2 N–H and O–H groups in total. The molecular weight excluding hydrogens is 308 g/mol. The molecule has 0 saturated carbocycles. The van der Waals surface area contributed by atoms with Crippen LogP contribution in [0.25, 0.3) is 0 Å². The van der Waals surface area contributed by atoms with Crippen LogP contribution in [0.3, 0.4) is 0 Å². The van der Waals surface area contributed by atoms with Crippen molar-refractivity contribution in [1.82, 2.24) is 9.97 Å². The largest absolute Gasteiger partial charge is 0.496 e. The zero-order valence-electron chi connectivity index (χ0n) is 11.9. The molecule has 0 aliphatic heterocycles. The van der Waals surface area contributed by atoms with Crippen LogP contribution >= 0.6 is 11.6 Å². The summed E-state index contributed by atoms with van der Waals surface area (Å²) >= 11 is 6.07.